The van der Waals surface area contributed by atoms with Crippen LogP contribution in [0.1, 0.15) is 13.8 Å². The van der Waals surface area contributed by atoms with Gasteiger partial charge in [-0.1, -0.05) is 25.6 Å². The third-order valence-corrected chi connectivity index (χ3v) is 2.48. The standard InChI is InChI=1S/C8H15N3S/c1-3-9-6-7(2)12-8-10-4-5-11-8/h4-5,7,9H,3,6H2,1-2H3,(H,10,11). The van der Waals surface area contributed by atoms with Crippen molar-refractivity contribution in [2.75, 3.05) is 13.1 Å². The number of aromatic amines is 1. The molecule has 1 atom stereocenters. The van der Waals surface area contributed by atoms with Crippen molar-refractivity contribution in [2.45, 2.75) is 24.3 Å². The first-order valence-electron chi connectivity index (χ1n) is 4.19. The number of hydrogen-bond acceptors (Lipinski definition) is 3. The molecule has 0 spiro atoms. The normalized spacial score (nSPS) is 13.2. The van der Waals surface area contributed by atoms with Crippen molar-refractivity contribution >= 4 is 11.8 Å². The molecule has 3 nitrogen and oxygen atoms in total. The summed E-state index contributed by atoms with van der Waals surface area (Å²) in [6.45, 7) is 6.37. The zero-order valence-corrected chi connectivity index (χ0v) is 8.32. The van der Waals surface area contributed by atoms with Crippen LogP contribution >= 0.6 is 11.8 Å². The van der Waals surface area contributed by atoms with E-state index in [4.69, 9.17) is 0 Å². The van der Waals surface area contributed by atoms with E-state index in [1.807, 2.05) is 6.20 Å². The van der Waals surface area contributed by atoms with E-state index in [2.05, 4.69) is 29.1 Å². The quantitative estimate of drug-likeness (QED) is 0.683. The van der Waals surface area contributed by atoms with Crippen molar-refractivity contribution in [1.82, 2.24) is 15.3 Å². The molecule has 12 heavy (non-hydrogen) atoms. The number of hydrogen-bond donors (Lipinski definition) is 2. The largest absolute Gasteiger partial charge is 0.340 e. The molecule has 0 amide bonds. The summed E-state index contributed by atoms with van der Waals surface area (Å²) in [5.41, 5.74) is 0. The first-order valence-corrected chi connectivity index (χ1v) is 5.07. The Labute approximate surface area is 77.4 Å². The number of imidazole rings is 1. The van der Waals surface area contributed by atoms with Gasteiger partial charge in [-0.05, 0) is 6.54 Å². The maximum Gasteiger partial charge on any atom is 0.165 e. The molecule has 0 fully saturated rings. The van der Waals surface area contributed by atoms with Gasteiger partial charge < -0.3 is 10.3 Å². The Morgan fingerprint density at radius 1 is 1.75 bits per heavy atom. The van der Waals surface area contributed by atoms with Gasteiger partial charge in [0.05, 0.1) is 0 Å². The predicted octanol–water partition coefficient (Wildman–Crippen LogP) is 1.50. The van der Waals surface area contributed by atoms with Crippen LogP contribution in [0, 0.1) is 0 Å². The van der Waals surface area contributed by atoms with Crippen LogP contribution in [0.3, 0.4) is 0 Å². The molecule has 0 radical (unpaired) electrons. The molecule has 2 N–H and O–H groups in total. The van der Waals surface area contributed by atoms with Gasteiger partial charge in [0.2, 0.25) is 0 Å². The summed E-state index contributed by atoms with van der Waals surface area (Å²) in [5.74, 6) is 0. The molecule has 0 aliphatic heterocycles. The van der Waals surface area contributed by atoms with Crippen molar-refractivity contribution in [3.05, 3.63) is 12.4 Å². The minimum atomic E-state index is 0.566. The Morgan fingerprint density at radius 2 is 2.58 bits per heavy atom. The number of nitrogens with one attached hydrogen (secondary N) is 2. The third-order valence-electron chi connectivity index (χ3n) is 1.47. The lowest BCUT2D eigenvalue weighted by Crippen LogP contribution is -2.22. The van der Waals surface area contributed by atoms with Crippen LogP contribution in [-0.2, 0) is 0 Å². The van der Waals surface area contributed by atoms with Crippen LogP contribution in [0.5, 0.6) is 0 Å². The van der Waals surface area contributed by atoms with Crippen molar-refractivity contribution in [2.24, 2.45) is 0 Å². The summed E-state index contributed by atoms with van der Waals surface area (Å²) in [7, 11) is 0. The predicted molar refractivity (Wildman–Crippen MR) is 52.5 cm³/mol. The topological polar surface area (TPSA) is 40.7 Å². The van der Waals surface area contributed by atoms with E-state index in [1.54, 1.807) is 18.0 Å². The Morgan fingerprint density at radius 3 is 3.17 bits per heavy atom. The summed E-state index contributed by atoms with van der Waals surface area (Å²) < 4.78 is 0. The van der Waals surface area contributed by atoms with Gasteiger partial charge in [-0.25, -0.2) is 4.98 Å². The molecule has 0 aromatic carbocycles. The van der Waals surface area contributed by atoms with Gasteiger partial charge >= 0.3 is 0 Å². The third kappa shape index (κ3) is 3.28. The zero-order chi connectivity index (χ0) is 8.81. The van der Waals surface area contributed by atoms with E-state index in [-0.39, 0.29) is 0 Å². The molecule has 0 bridgehead atoms. The highest BCUT2D eigenvalue weighted by Crippen LogP contribution is 2.17. The molecule has 1 aromatic rings. The van der Waals surface area contributed by atoms with E-state index < -0.39 is 0 Å². The van der Waals surface area contributed by atoms with Crippen molar-refractivity contribution in [3.63, 3.8) is 0 Å². The van der Waals surface area contributed by atoms with E-state index in [9.17, 15) is 0 Å². The van der Waals surface area contributed by atoms with E-state index in [0.29, 0.717) is 5.25 Å². The second kappa shape index (κ2) is 5.22. The van der Waals surface area contributed by atoms with E-state index in [0.717, 1.165) is 18.2 Å². The van der Waals surface area contributed by atoms with Gasteiger partial charge in [0.25, 0.3) is 0 Å². The van der Waals surface area contributed by atoms with Crippen molar-refractivity contribution in [1.29, 1.82) is 0 Å². The van der Waals surface area contributed by atoms with E-state index in [1.165, 1.54) is 0 Å². The molecule has 0 aliphatic carbocycles. The number of H-pyrrole nitrogens is 1. The first kappa shape index (κ1) is 9.61. The fraction of sp³-hybridized carbons (Fsp3) is 0.625. The molecular weight excluding hydrogens is 170 g/mol. The second-order valence-electron chi connectivity index (χ2n) is 2.63. The monoisotopic (exact) mass is 185 g/mol. The molecule has 0 saturated carbocycles. The van der Waals surface area contributed by atoms with Crippen LogP contribution in [-0.4, -0.2) is 28.3 Å². The van der Waals surface area contributed by atoms with Crippen LogP contribution in [0.25, 0.3) is 0 Å². The minimum Gasteiger partial charge on any atom is -0.340 e. The van der Waals surface area contributed by atoms with Crippen LogP contribution in [0.2, 0.25) is 0 Å². The summed E-state index contributed by atoms with van der Waals surface area (Å²) in [6.07, 6.45) is 3.63. The number of rotatable bonds is 5. The number of aromatic nitrogens is 2. The van der Waals surface area contributed by atoms with Crippen LogP contribution < -0.4 is 5.32 Å². The zero-order valence-electron chi connectivity index (χ0n) is 7.50. The fourth-order valence-corrected chi connectivity index (χ4v) is 1.74. The van der Waals surface area contributed by atoms with Crippen LogP contribution in [0.15, 0.2) is 17.6 Å². The number of nitrogens with zero attached hydrogens (tertiary/aromatic N) is 1. The highest BCUT2D eigenvalue weighted by Gasteiger charge is 2.04. The molecule has 1 unspecified atom stereocenters. The maximum atomic E-state index is 4.14. The molecule has 1 aromatic heterocycles. The highest BCUT2D eigenvalue weighted by molar-refractivity contribution is 7.99. The molecule has 0 saturated heterocycles. The molecular formula is C8H15N3S. The lowest BCUT2D eigenvalue weighted by Gasteiger charge is -2.08. The molecule has 4 heteroatoms. The lowest BCUT2D eigenvalue weighted by molar-refractivity contribution is 0.711. The smallest absolute Gasteiger partial charge is 0.165 e. The lowest BCUT2D eigenvalue weighted by atomic mass is 10.5. The van der Waals surface area contributed by atoms with Crippen molar-refractivity contribution < 1.29 is 0 Å². The van der Waals surface area contributed by atoms with Gasteiger partial charge in [0, 0.05) is 24.2 Å². The summed E-state index contributed by atoms with van der Waals surface area (Å²) >= 11 is 1.76. The molecule has 1 rings (SSSR count). The second-order valence-corrected chi connectivity index (χ2v) is 4.06. The molecule has 1 heterocycles. The molecule has 0 aliphatic rings. The summed E-state index contributed by atoms with van der Waals surface area (Å²) in [6, 6.07) is 0. The van der Waals surface area contributed by atoms with Gasteiger partial charge in [-0.15, -0.1) is 0 Å². The highest BCUT2D eigenvalue weighted by atomic mass is 32.2. The Balaban J connectivity index is 2.22. The van der Waals surface area contributed by atoms with Gasteiger partial charge in [-0.3, -0.25) is 0 Å². The average molecular weight is 185 g/mol. The summed E-state index contributed by atoms with van der Waals surface area (Å²) in [5, 5.41) is 4.86. The van der Waals surface area contributed by atoms with Crippen LogP contribution in [0.4, 0.5) is 0 Å². The SMILES string of the molecule is CCNCC(C)Sc1ncc[nH]1. The summed E-state index contributed by atoms with van der Waals surface area (Å²) in [4.78, 5) is 7.21. The number of thioether (sulfide) groups is 1. The Hall–Kier alpha value is -0.480. The van der Waals surface area contributed by atoms with Crippen molar-refractivity contribution in [3.8, 4) is 0 Å². The first-order chi connectivity index (χ1) is 5.83. The maximum absolute atomic E-state index is 4.14. The average Bonchev–Trinajstić information content (AvgIpc) is 2.53. The fourth-order valence-electron chi connectivity index (χ4n) is 0.895. The Bertz CT molecular complexity index is 198. The van der Waals surface area contributed by atoms with E-state index >= 15 is 0 Å². The van der Waals surface area contributed by atoms with Gasteiger partial charge in [-0.2, -0.15) is 0 Å². The molecule has 68 valence electrons. The Kier molecular flexibility index (Phi) is 4.18. The van der Waals surface area contributed by atoms with Gasteiger partial charge in [0.1, 0.15) is 0 Å². The minimum absolute atomic E-state index is 0.566. The van der Waals surface area contributed by atoms with Gasteiger partial charge in [0.15, 0.2) is 5.16 Å².